The standard InChI is InChI=1S/C50H88O10/c1-3-5-7-9-11-13-15-17-19-21-23-25-27-29-31-33-35-37-39-46(53)59-43(42-58-50-49(56)48(55)47(54)44(40-51)60-50)41-57-45(52)38-36-34-32-30-28-26-24-22-20-18-16-14-12-10-8-6-4-2/h8,10,14,16,20,22,26,28,43-44,47-51,54-56H,3-7,9,11-13,15,17-19,21,23-25,27,29-42H2,1-2H3/b10-8+,16-14+,22-20+,28-26+/t43-,44-,47+,48?,49?,50-/m1/s1. The normalized spacial score (nSPS) is 20.3. The van der Waals surface area contributed by atoms with Crippen LogP contribution in [0.4, 0.5) is 0 Å². The van der Waals surface area contributed by atoms with Crippen LogP contribution in [0.5, 0.6) is 0 Å². The van der Waals surface area contributed by atoms with Crippen LogP contribution in [0.3, 0.4) is 0 Å². The molecule has 0 saturated carbocycles. The Hall–Kier alpha value is -2.34. The molecule has 0 aromatic rings. The van der Waals surface area contributed by atoms with Crippen LogP contribution in [0, 0.1) is 0 Å². The molecule has 10 nitrogen and oxygen atoms in total. The average Bonchev–Trinajstić information content (AvgIpc) is 3.25. The van der Waals surface area contributed by atoms with E-state index in [1.807, 2.05) is 0 Å². The second-order valence-electron chi connectivity index (χ2n) is 16.6. The Bertz CT molecular complexity index is 1120. The quantitative estimate of drug-likeness (QED) is 0.0266. The summed E-state index contributed by atoms with van der Waals surface area (Å²) in [5.74, 6) is -0.838. The van der Waals surface area contributed by atoms with E-state index in [1.165, 1.54) is 96.3 Å². The van der Waals surface area contributed by atoms with Gasteiger partial charge >= 0.3 is 11.9 Å². The number of hydrogen-bond acceptors (Lipinski definition) is 10. The number of unbranched alkanes of at least 4 members (excludes halogenated alkanes) is 21. The lowest BCUT2D eigenvalue weighted by Gasteiger charge is -2.39. The molecule has 0 aliphatic carbocycles. The molecule has 2 unspecified atom stereocenters. The van der Waals surface area contributed by atoms with Crippen LogP contribution in [-0.4, -0.2) is 89.0 Å². The second kappa shape index (κ2) is 40.7. The zero-order valence-corrected chi connectivity index (χ0v) is 37.9. The van der Waals surface area contributed by atoms with Gasteiger partial charge in [-0.25, -0.2) is 0 Å². The van der Waals surface area contributed by atoms with Gasteiger partial charge in [0.1, 0.15) is 31.0 Å². The fourth-order valence-corrected chi connectivity index (χ4v) is 7.12. The van der Waals surface area contributed by atoms with Crippen LogP contribution in [0.1, 0.15) is 200 Å². The lowest BCUT2D eigenvalue weighted by Crippen LogP contribution is -2.59. The number of esters is 2. The topological polar surface area (TPSA) is 152 Å². The van der Waals surface area contributed by atoms with Gasteiger partial charge in [-0.3, -0.25) is 9.59 Å². The number of carbonyl (C=O) groups excluding carboxylic acids is 2. The summed E-state index contributed by atoms with van der Waals surface area (Å²) in [6, 6.07) is 0. The Labute approximate surface area is 365 Å². The predicted molar refractivity (Wildman–Crippen MR) is 242 cm³/mol. The third-order valence-electron chi connectivity index (χ3n) is 10.9. The van der Waals surface area contributed by atoms with E-state index in [4.69, 9.17) is 18.9 Å². The Morgan fingerprint density at radius 3 is 1.47 bits per heavy atom. The van der Waals surface area contributed by atoms with Crippen molar-refractivity contribution in [2.45, 2.75) is 237 Å². The van der Waals surface area contributed by atoms with E-state index in [0.29, 0.717) is 12.8 Å². The number of ether oxygens (including phenoxy) is 4. The minimum absolute atomic E-state index is 0.225. The predicted octanol–water partition coefficient (Wildman–Crippen LogP) is 10.8. The third-order valence-corrected chi connectivity index (χ3v) is 10.9. The number of carbonyl (C=O) groups is 2. The van der Waals surface area contributed by atoms with Crippen molar-refractivity contribution >= 4 is 11.9 Å². The first-order valence-electron chi connectivity index (χ1n) is 24.2. The summed E-state index contributed by atoms with van der Waals surface area (Å²) in [7, 11) is 0. The SMILES string of the molecule is CCC/C=C/C/C=C/C/C=C/C/C=C/CCCCCC(=O)OC[C@H](CO[C@@H]1O[C@H](CO)[C@H](O)C(O)C1O)OC(=O)CCCCCCCCCCCCCCCCCCCC. The fourth-order valence-electron chi connectivity index (χ4n) is 7.12. The lowest BCUT2D eigenvalue weighted by atomic mass is 9.99. The summed E-state index contributed by atoms with van der Waals surface area (Å²) < 4.78 is 22.2. The molecule has 1 aliphatic heterocycles. The van der Waals surface area contributed by atoms with Crippen LogP contribution in [0.25, 0.3) is 0 Å². The van der Waals surface area contributed by atoms with Crippen molar-refractivity contribution < 1.29 is 49.0 Å². The van der Waals surface area contributed by atoms with Gasteiger partial charge in [-0.1, -0.05) is 184 Å². The van der Waals surface area contributed by atoms with Crippen LogP contribution >= 0.6 is 0 Å². The van der Waals surface area contributed by atoms with Crippen molar-refractivity contribution in [1.29, 1.82) is 0 Å². The molecule has 0 aromatic heterocycles. The van der Waals surface area contributed by atoms with Gasteiger partial charge in [0.15, 0.2) is 12.4 Å². The highest BCUT2D eigenvalue weighted by Gasteiger charge is 2.44. The number of hydrogen-bond donors (Lipinski definition) is 4. The summed E-state index contributed by atoms with van der Waals surface area (Å²) in [5.41, 5.74) is 0. The molecule has 0 aromatic carbocycles. The minimum Gasteiger partial charge on any atom is -0.462 e. The summed E-state index contributed by atoms with van der Waals surface area (Å²) in [6.45, 7) is 3.34. The van der Waals surface area contributed by atoms with Gasteiger partial charge in [0.2, 0.25) is 0 Å². The van der Waals surface area contributed by atoms with Crippen LogP contribution in [0.2, 0.25) is 0 Å². The van der Waals surface area contributed by atoms with E-state index in [9.17, 15) is 30.0 Å². The third kappa shape index (κ3) is 31.5. The smallest absolute Gasteiger partial charge is 0.306 e. The Morgan fingerprint density at radius 2 is 0.967 bits per heavy atom. The minimum atomic E-state index is -1.60. The molecule has 1 saturated heterocycles. The maximum absolute atomic E-state index is 12.8. The highest BCUT2D eigenvalue weighted by atomic mass is 16.7. The first-order chi connectivity index (χ1) is 29.3. The van der Waals surface area contributed by atoms with Crippen LogP contribution in [0.15, 0.2) is 48.6 Å². The number of rotatable bonds is 40. The molecule has 348 valence electrons. The van der Waals surface area contributed by atoms with Gasteiger partial charge in [-0.2, -0.15) is 0 Å². The van der Waals surface area contributed by atoms with Crippen LogP contribution in [-0.2, 0) is 28.5 Å². The van der Waals surface area contributed by atoms with Crippen molar-refractivity contribution in [3.63, 3.8) is 0 Å². The van der Waals surface area contributed by atoms with Crippen molar-refractivity contribution in [2.75, 3.05) is 19.8 Å². The second-order valence-corrected chi connectivity index (χ2v) is 16.6. The molecular weight excluding hydrogens is 761 g/mol. The highest BCUT2D eigenvalue weighted by molar-refractivity contribution is 5.70. The van der Waals surface area contributed by atoms with E-state index in [-0.39, 0.29) is 26.1 Å². The molecule has 0 bridgehead atoms. The van der Waals surface area contributed by atoms with Crippen molar-refractivity contribution in [3.05, 3.63) is 48.6 Å². The van der Waals surface area contributed by atoms with Gasteiger partial charge in [-0.15, -0.1) is 0 Å². The van der Waals surface area contributed by atoms with E-state index in [2.05, 4.69) is 62.5 Å². The number of allylic oxidation sites excluding steroid dienone is 8. The number of aliphatic hydroxyl groups excluding tert-OH is 4. The molecule has 0 spiro atoms. The molecule has 1 rings (SSSR count). The molecule has 0 radical (unpaired) electrons. The highest BCUT2D eigenvalue weighted by Crippen LogP contribution is 2.23. The van der Waals surface area contributed by atoms with Crippen molar-refractivity contribution in [3.8, 4) is 0 Å². The van der Waals surface area contributed by atoms with Gasteiger partial charge in [0, 0.05) is 12.8 Å². The molecule has 6 atom stereocenters. The van der Waals surface area contributed by atoms with E-state index < -0.39 is 55.4 Å². The largest absolute Gasteiger partial charge is 0.462 e. The molecule has 10 heteroatoms. The summed E-state index contributed by atoms with van der Waals surface area (Å²) >= 11 is 0. The molecule has 1 fully saturated rings. The van der Waals surface area contributed by atoms with E-state index in [1.54, 1.807) is 0 Å². The zero-order chi connectivity index (χ0) is 43.7. The first-order valence-corrected chi connectivity index (χ1v) is 24.2. The maximum atomic E-state index is 12.8. The van der Waals surface area contributed by atoms with Crippen molar-refractivity contribution in [1.82, 2.24) is 0 Å². The Balaban J connectivity index is 2.31. The molecular formula is C50H88O10. The summed E-state index contributed by atoms with van der Waals surface area (Å²) in [4.78, 5) is 25.4. The Morgan fingerprint density at radius 1 is 0.517 bits per heavy atom. The van der Waals surface area contributed by atoms with E-state index in [0.717, 1.165) is 64.2 Å². The first kappa shape index (κ1) is 55.7. The van der Waals surface area contributed by atoms with Crippen LogP contribution < -0.4 is 0 Å². The molecule has 4 N–H and O–H groups in total. The van der Waals surface area contributed by atoms with Crippen molar-refractivity contribution in [2.24, 2.45) is 0 Å². The zero-order valence-electron chi connectivity index (χ0n) is 37.9. The lowest BCUT2D eigenvalue weighted by molar-refractivity contribution is -0.305. The monoisotopic (exact) mass is 849 g/mol. The van der Waals surface area contributed by atoms with Gasteiger partial charge in [-0.05, 0) is 51.4 Å². The summed E-state index contributed by atoms with van der Waals surface area (Å²) in [5, 5.41) is 40.1. The Kier molecular flexibility index (Phi) is 37.8. The summed E-state index contributed by atoms with van der Waals surface area (Å²) in [6.07, 6.45) is 41.1. The average molecular weight is 849 g/mol. The number of aliphatic hydroxyl groups is 4. The molecule has 1 aliphatic rings. The van der Waals surface area contributed by atoms with E-state index >= 15 is 0 Å². The molecule has 1 heterocycles. The van der Waals surface area contributed by atoms with Gasteiger partial charge in [0.05, 0.1) is 13.2 Å². The molecule has 60 heavy (non-hydrogen) atoms. The van der Waals surface area contributed by atoms with Gasteiger partial charge in [0.25, 0.3) is 0 Å². The maximum Gasteiger partial charge on any atom is 0.306 e. The van der Waals surface area contributed by atoms with Gasteiger partial charge < -0.3 is 39.4 Å². The molecule has 0 amide bonds. The fraction of sp³-hybridized carbons (Fsp3) is 0.800.